The predicted octanol–water partition coefficient (Wildman–Crippen LogP) is 8.59. The number of aryl methyl sites for hydroxylation is 2. The van der Waals surface area contributed by atoms with E-state index in [0.29, 0.717) is 22.6 Å². The second-order valence-electron chi connectivity index (χ2n) is 10.4. The summed E-state index contributed by atoms with van der Waals surface area (Å²) in [6, 6.07) is 25.0. The van der Waals surface area contributed by atoms with Crippen LogP contribution in [-0.2, 0) is 14.4 Å². The highest BCUT2D eigenvalue weighted by molar-refractivity contribution is 5.91. The van der Waals surface area contributed by atoms with E-state index in [9.17, 15) is 24.6 Å². The molecule has 3 N–H and O–H groups in total. The van der Waals surface area contributed by atoms with Crippen LogP contribution in [0.3, 0.4) is 0 Å². The number of carboxylic acid groups (broad SMARTS) is 1. The fraction of sp³-hybridized carbons (Fsp3) is 0.125. The Kier molecular flexibility index (Phi) is 15.2. The molecular formula is C40H40O8. The van der Waals surface area contributed by atoms with Gasteiger partial charge >= 0.3 is 17.9 Å². The summed E-state index contributed by atoms with van der Waals surface area (Å²) in [4.78, 5) is 33.1. The molecule has 0 aromatic heterocycles. The van der Waals surface area contributed by atoms with Crippen LogP contribution in [0.15, 0.2) is 121 Å². The molecule has 0 heterocycles. The number of rotatable bonds is 7. The Morgan fingerprint density at radius 2 is 1.08 bits per heavy atom. The lowest BCUT2D eigenvalue weighted by atomic mass is 10.0. The minimum atomic E-state index is -0.935. The van der Waals surface area contributed by atoms with Gasteiger partial charge in [0.25, 0.3) is 0 Å². The van der Waals surface area contributed by atoms with Gasteiger partial charge in [-0.15, -0.1) is 12.8 Å². The summed E-state index contributed by atoms with van der Waals surface area (Å²) in [6.07, 6.45) is 5.76. The maximum absolute atomic E-state index is 11.8. The van der Waals surface area contributed by atoms with Crippen LogP contribution in [0.2, 0.25) is 0 Å². The van der Waals surface area contributed by atoms with Crippen LogP contribution in [0.1, 0.15) is 33.3 Å². The minimum Gasteiger partial charge on any atom is -0.508 e. The Morgan fingerprint density at radius 1 is 0.646 bits per heavy atom. The SMILES string of the molecule is C=C(C)C(=O)O.C=C(C)C(=O)Oc1ccc(-c2ccccc2OC(=O)C(=C)C)cc1C.Cc1cc(-c2ccccc2O)ccc1O.[2H]C#C. The number of benzene rings is 4. The maximum atomic E-state index is 11.8. The Bertz CT molecular complexity index is 1870. The van der Waals surface area contributed by atoms with Crippen molar-refractivity contribution >= 4 is 17.9 Å². The third-order valence-corrected chi connectivity index (χ3v) is 6.25. The molecule has 0 aliphatic carbocycles. The van der Waals surface area contributed by atoms with Gasteiger partial charge in [-0.1, -0.05) is 68.3 Å². The van der Waals surface area contributed by atoms with Crippen LogP contribution in [0, 0.1) is 26.7 Å². The first-order valence-electron chi connectivity index (χ1n) is 14.8. The van der Waals surface area contributed by atoms with E-state index < -0.39 is 17.9 Å². The van der Waals surface area contributed by atoms with Gasteiger partial charge in [-0.25, -0.2) is 14.4 Å². The molecule has 8 nitrogen and oxygen atoms in total. The fourth-order valence-corrected chi connectivity index (χ4v) is 3.64. The Hall–Kier alpha value is -6.33. The molecule has 0 radical (unpaired) electrons. The number of ether oxygens (including phenoxy) is 2. The molecule has 0 spiro atoms. The largest absolute Gasteiger partial charge is 0.508 e. The molecule has 0 unspecified atom stereocenters. The van der Waals surface area contributed by atoms with Crippen LogP contribution >= 0.6 is 0 Å². The third-order valence-electron chi connectivity index (χ3n) is 6.25. The molecular weight excluding hydrogens is 608 g/mol. The molecule has 4 rings (SSSR count). The van der Waals surface area contributed by atoms with Crippen molar-refractivity contribution in [2.45, 2.75) is 34.6 Å². The molecule has 0 amide bonds. The quantitative estimate of drug-likeness (QED) is 0.0785. The average Bonchev–Trinajstić information content (AvgIpc) is 3.04. The van der Waals surface area contributed by atoms with Crippen molar-refractivity contribution in [2.75, 3.05) is 0 Å². The molecule has 0 atom stereocenters. The molecule has 0 saturated heterocycles. The number of carbonyl (C=O) groups excluding carboxylic acids is 2. The lowest BCUT2D eigenvalue weighted by molar-refractivity contribution is -0.133. The zero-order valence-corrected chi connectivity index (χ0v) is 27.7. The van der Waals surface area contributed by atoms with E-state index in [1.54, 1.807) is 56.3 Å². The number of para-hydroxylation sites is 2. The highest BCUT2D eigenvalue weighted by Crippen LogP contribution is 2.34. The van der Waals surface area contributed by atoms with Crippen molar-refractivity contribution in [2.24, 2.45) is 0 Å². The second-order valence-corrected chi connectivity index (χ2v) is 10.4. The number of aromatic hydroxyl groups is 2. The molecule has 0 bridgehead atoms. The summed E-state index contributed by atoms with van der Waals surface area (Å²) < 4.78 is 16.4. The molecule has 0 aliphatic heterocycles. The van der Waals surface area contributed by atoms with Crippen LogP contribution < -0.4 is 9.47 Å². The maximum Gasteiger partial charge on any atom is 0.338 e. The van der Waals surface area contributed by atoms with Gasteiger partial charge in [-0.2, -0.15) is 0 Å². The minimum absolute atomic E-state index is 0.176. The van der Waals surface area contributed by atoms with Crippen molar-refractivity contribution in [1.29, 1.82) is 0 Å². The van der Waals surface area contributed by atoms with E-state index in [1.807, 2.05) is 56.3 Å². The Morgan fingerprint density at radius 3 is 1.56 bits per heavy atom. The fourth-order valence-electron chi connectivity index (χ4n) is 3.64. The van der Waals surface area contributed by atoms with Crippen LogP contribution in [-0.4, -0.2) is 33.2 Å². The van der Waals surface area contributed by atoms with Crippen molar-refractivity contribution < 1.29 is 40.5 Å². The smallest absolute Gasteiger partial charge is 0.338 e. The number of aliphatic carboxylic acids is 1. The molecule has 48 heavy (non-hydrogen) atoms. The van der Waals surface area contributed by atoms with Crippen molar-refractivity contribution in [3.63, 3.8) is 0 Å². The van der Waals surface area contributed by atoms with Gasteiger partial charge < -0.3 is 24.8 Å². The highest BCUT2D eigenvalue weighted by atomic mass is 16.5. The first-order chi connectivity index (χ1) is 23.0. The zero-order chi connectivity index (χ0) is 37.3. The number of carbonyl (C=O) groups is 3. The summed E-state index contributed by atoms with van der Waals surface area (Å²) >= 11 is 0. The first-order valence-corrected chi connectivity index (χ1v) is 14.3. The summed E-state index contributed by atoms with van der Waals surface area (Å²) in [7, 11) is 0. The number of terminal acetylenes is 1. The Labute approximate surface area is 283 Å². The van der Waals surface area contributed by atoms with E-state index in [0.717, 1.165) is 33.4 Å². The lowest BCUT2D eigenvalue weighted by Crippen LogP contribution is -2.09. The van der Waals surface area contributed by atoms with Gasteiger partial charge in [-0.3, -0.25) is 0 Å². The third kappa shape index (κ3) is 12.2. The van der Waals surface area contributed by atoms with Gasteiger partial charge in [0.1, 0.15) is 24.4 Å². The highest BCUT2D eigenvalue weighted by Gasteiger charge is 2.14. The van der Waals surface area contributed by atoms with E-state index in [1.165, 1.54) is 13.3 Å². The molecule has 248 valence electrons. The van der Waals surface area contributed by atoms with Gasteiger partial charge in [0.15, 0.2) is 0 Å². The van der Waals surface area contributed by atoms with Crippen LogP contribution in [0.5, 0.6) is 23.0 Å². The monoisotopic (exact) mass is 649 g/mol. The molecule has 4 aromatic carbocycles. The van der Waals surface area contributed by atoms with Gasteiger partial charge in [0, 0.05) is 27.8 Å². The standard InChI is InChI=1S/C21H20O4.C13H12O2.C4H6O2.C2H2/c1-13(2)20(22)24-18-11-10-16(12-15(18)5)17-8-6-7-9-19(17)25-21(23)14(3)4;1-9-8-10(6-7-12(9)14)11-4-2-3-5-13(11)15;1-3(2)4(5)6;1-2/h6-12H,1,3H2,2,4-5H3;2-8,14-15H,1H3;1H2,2H3,(H,5,6);1-2H/i;;;1D. The van der Waals surface area contributed by atoms with E-state index in [2.05, 4.69) is 26.2 Å². The number of esters is 2. The first kappa shape index (κ1) is 37.9. The second kappa shape index (κ2) is 19.2. The van der Waals surface area contributed by atoms with Crippen molar-refractivity contribution in [1.82, 2.24) is 0 Å². The summed E-state index contributed by atoms with van der Waals surface area (Å²) in [6.45, 7) is 18.6. The van der Waals surface area contributed by atoms with E-state index >= 15 is 0 Å². The number of hydrogen-bond acceptors (Lipinski definition) is 7. The summed E-state index contributed by atoms with van der Waals surface area (Å²) in [5.41, 5.74) is 5.71. The van der Waals surface area contributed by atoms with Gasteiger partial charge in [-0.05, 0) is 93.3 Å². The predicted molar refractivity (Wildman–Crippen MR) is 190 cm³/mol. The van der Waals surface area contributed by atoms with Gasteiger partial charge in [0.05, 0.1) is 0 Å². The normalized spacial score (nSPS) is 9.54. The Balaban J connectivity index is 0.000000420. The average molecular weight is 650 g/mol. The number of carboxylic acids is 1. The molecule has 0 saturated carbocycles. The molecule has 4 aromatic rings. The summed E-state index contributed by atoms with van der Waals surface area (Å²) in [5, 5.41) is 27.0. The van der Waals surface area contributed by atoms with Crippen LogP contribution in [0.4, 0.5) is 0 Å². The molecule has 8 heteroatoms. The lowest BCUT2D eigenvalue weighted by Gasteiger charge is -2.12. The van der Waals surface area contributed by atoms with Gasteiger partial charge in [0.2, 0.25) is 0 Å². The van der Waals surface area contributed by atoms with Crippen molar-refractivity contribution in [3.8, 4) is 58.1 Å². The van der Waals surface area contributed by atoms with Crippen molar-refractivity contribution in [3.05, 3.63) is 133 Å². The topological polar surface area (TPSA) is 130 Å². The van der Waals surface area contributed by atoms with E-state index in [4.69, 9.17) is 16.0 Å². The molecule has 0 aliphatic rings. The van der Waals surface area contributed by atoms with Crippen LogP contribution in [0.25, 0.3) is 22.3 Å². The number of phenols is 2. The summed E-state index contributed by atoms with van der Waals surface area (Å²) in [5.74, 6) is -0.440. The number of hydrogen-bond donors (Lipinski definition) is 3. The van der Waals surface area contributed by atoms with E-state index in [-0.39, 0.29) is 17.1 Å². The molecule has 0 fully saturated rings. The zero-order valence-electron chi connectivity index (χ0n) is 28.7. The number of phenolic OH excluding ortho intramolecular Hbond substituents is 2.